The van der Waals surface area contributed by atoms with Crippen LogP contribution < -0.4 is 5.32 Å². The number of rotatable bonds is 7. The molecule has 4 heteroatoms. The molecule has 2 N–H and O–H groups in total. The standard InChI is InChI=1S/C11H21NO2S/c1-15-7-3-6-12-8-9-4-2-5-10(9)11(13)14/h9-10,12H,2-8H2,1H3,(H,13,14). The molecule has 0 saturated heterocycles. The predicted octanol–water partition coefficient (Wildman–Crippen LogP) is 1.83. The molecule has 0 aromatic heterocycles. The Labute approximate surface area is 96.0 Å². The molecule has 3 nitrogen and oxygen atoms in total. The van der Waals surface area contributed by atoms with Gasteiger partial charge in [0.25, 0.3) is 0 Å². The Hall–Kier alpha value is -0.220. The summed E-state index contributed by atoms with van der Waals surface area (Å²) in [5.41, 5.74) is 0. The van der Waals surface area contributed by atoms with E-state index in [1.165, 1.54) is 12.2 Å². The minimum absolute atomic E-state index is 0.0990. The summed E-state index contributed by atoms with van der Waals surface area (Å²) < 4.78 is 0. The molecule has 1 fully saturated rings. The second kappa shape index (κ2) is 7.12. The summed E-state index contributed by atoms with van der Waals surface area (Å²) in [6.45, 7) is 1.90. The molecule has 0 aromatic carbocycles. The van der Waals surface area contributed by atoms with E-state index < -0.39 is 5.97 Å². The lowest BCUT2D eigenvalue weighted by Crippen LogP contribution is -2.29. The second-order valence-electron chi connectivity index (χ2n) is 4.19. The maximum atomic E-state index is 10.9. The maximum absolute atomic E-state index is 10.9. The maximum Gasteiger partial charge on any atom is 0.306 e. The summed E-state index contributed by atoms with van der Waals surface area (Å²) in [6.07, 6.45) is 6.30. The quantitative estimate of drug-likeness (QED) is 0.656. The molecular formula is C11H21NO2S. The van der Waals surface area contributed by atoms with Crippen LogP contribution in [0.5, 0.6) is 0 Å². The van der Waals surface area contributed by atoms with E-state index in [2.05, 4.69) is 11.6 Å². The van der Waals surface area contributed by atoms with E-state index in [0.29, 0.717) is 5.92 Å². The first kappa shape index (κ1) is 12.8. The Bertz CT molecular complexity index is 199. The number of carboxylic acid groups (broad SMARTS) is 1. The Morgan fingerprint density at radius 2 is 2.33 bits per heavy atom. The highest BCUT2D eigenvalue weighted by molar-refractivity contribution is 7.98. The van der Waals surface area contributed by atoms with Crippen LogP contribution in [0.4, 0.5) is 0 Å². The lowest BCUT2D eigenvalue weighted by molar-refractivity contribution is -0.142. The van der Waals surface area contributed by atoms with Gasteiger partial charge in [0.15, 0.2) is 0 Å². The van der Waals surface area contributed by atoms with Crippen molar-refractivity contribution in [3.8, 4) is 0 Å². The number of nitrogens with one attached hydrogen (secondary N) is 1. The average molecular weight is 231 g/mol. The van der Waals surface area contributed by atoms with Crippen molar-refractivity contribution >= 4 is 17.7 Å². The second-order valence-corrected chi connectivity index (χ2v) is 5.17. The van der Waals surface area contributed by atoms with Crippen LogP contribution >= 0.6 is 11.8 Å². The first-order valence-electron chi connectivity index (χ1n) is 5.68. The lowest BCUT2D eigenvalue weighted by atomic mass is 9.96. The number of hydrogen-bond donors (Lipinski definition) is 2. The van der Waals surface area contributed by atoms with Crippen LogP contribution in [0.15, 0.2) is 0 Å². The molecule has 0 spiro atoms. The zero-order valence-electron chi connectivity index (χ0n) is 9.37. The molecule has 2 unspecified atom stereocenters. The van der Waals surface area contributed by atoms with Gasteiger partial charge in [-0.2, -0.15) is 11.8 Å². The Morgan fingerprint density at radius 3 is 3.00 bits per heavy atom. The number of aliphatic carboxylic acids is 1. The monoisotopic (exact) mass is 231 g/mol. The van der Waals surface area contributed by atoms with Crippen molar-refractivity contribution in [3.63, 3.8) is 0 Å². The highest BCUT2D eigenvalue weighted by Crippen LogP contribution is 2.31. The number of hydrogen-bond acceptors (Lipinski definition) is 3. The smallest absolute Gasteiger partial charge is 0.306 e. The van der Waals surface area contributed by atoms with Crippen LogP contribution in [-0.2, 0) is 4.79 Å². The van der Waals surface area contributed by atoms with Crippen LogP contribution in [0.1, 0.15) is 25.7 Å². The van der Waals surface area contributed by atoms with Crippen LogP contribution in [0.3, 0.4) is 0 Å². The van der Waals surface area contributed by atoms with E-state index in [0.717, 1.165) is 32.4 Å². The van der Waals surface area contributed by atoms with E-state index in [4.69, 9.17) is 5.11 Å². The lowest BCUT2D eigenvalue weighted by Gasteiger charge is -2.16. The minimum Gasteiger partial charge on any atom is -0.481 e. The van der Waals surface area contributed by atoms with Crippen LogP contribution in [0, 0.1) is 11.8 Å². The Morgan fingerprint density at radius 1 is 1.53 bits per heavy atom. The van der Waals surface area contributed by atoms with Gasteiger partial charge in [0.1, 0.15) is 0 Å². The third-order valence-corrected chi connectivity index (χ3v) is 3.78. The van der Waals surface area contributed by atoms with Gasteiger partial charge in [-0.25, -0.2) is 0 Å². The normalized spacial score (nSPS) is 25.7. The molecule has 0 aromatic rings. The number of carboxylic acids is 1. The highest BCUT2D eigenvalue weighted by Gasteiger charge is 2.32. The van der Waals surface area contributed by atoms with Gasteiger partial charge < -0.3 is 10.4 Å². The molecule has 0 amide bonds. The molecule has 0 radical (unpaired) electrons. The topological polar surface area (TPSA) is 49.3 Å². The first-order valence-corrected chi connectivity index (χ1v) is 7.07. The fraction of sp³-hybridized carbons (Fsp3) is 0.909. The van der Waals surface area contributed by atoms with Crippen molar-refractivity contribution in [3.05, 3.63) is 0 Å². The molecule has 0 bridgehead atoms. The molecule has 15 heavy (non-hydrogen) atoms. The minimum atomic E-state index is -0.608. The molecule has 1 rings (SSSR count). The third-order valence-electron chi connectivity index (χ3n) is 3.08. The molecule has 0 heterocycles. The summed E-state index contributed by atoms with van der Waals surface area (Å²) in [7, 11) is 0. The molecule has 2 atom stereocenters. The van der Waals surface area contributed by atoms with Gasteiger partial charge in [-0.15, -0.1) is 0 Å². The fourth-order valence-electron chi connectivity index (χ4n) is 2.24. The Balaban J connectivity index is 2.12. The SMILES string of the molecule is CSCCCNCC1CCCC1C(=O)O. The summed E-state index contributed by atoms with van der Waals surface area (Å²) in [6, 6.07) is 0. The summed E-state index contributed by atoms with van der Waals surface area (Å²) in [5, 5.41) is 12.4. The zero-order chi connectivity index (χ0) is 11.1. The number of thioether (sulfide) groups is 1. The molecule has 0 aliphatic heterocycles. The average Bonchev–Trinajstić information content (AvgIpc) is 2.66. The fourth-order valence-corrected chi connectivity index (χ4v) is 2.67. The molecule has 88 valence electrons. The molecule has 1 aliphatic rings. The molecule has 1 aliphatic carbocycles. The van der Waals surface area contributed by atoms with Crippen LogP contribution in [-0.4, -0.2) is 36.2 Å². The van der Waals surface area contributed by atoms with Gasteiger partial charge in [-0.1, -0.05) is 6.42 Å². The summed E-state index contributed by atoms with van der Waals surface area (Å²) >= 11 is 1.86. The van der Waals surface area contributed by atoms with Gasteiger partial charge in [0.05, 0.1) is 5.92 Å². The molecule has 1 saturated carbocycles. The third kappa shape index (κ3) is 4.43. The zero-order valence-corrected chi connectivity index (χ0v) is 10.2. The first-order chi connectivity index (χ1) is 7.25. The van der Waals surface area contributed by atoms with Gasteiger partial charge in [-0.3, -0.25) is 4.79 Å². The molecular weight excluding hydrogens is 210 g/mol. The van der Waals surface area contributed by atoms with E-state index in [9.17, 15) is 4.79 Å². The van der Waals surface area contributed by atoms with E-state index in [-0.39, 0.29) is 5.92 Å². The largest absolute Gasteiger partial charge is 0.481 e. The number of carbonyl (C=O) groups is 1. The van der Waals surface area contributed by atoms with Crippen molar-refractivity contribution in [1.82, 2.24) is 5.32 Å². The van der Waals surface area contributed by atoms with Gasteiger partial charge in [0.2, 0.25) is 0 Å². The van der Waals surface area contributed by atoms with Crippen molar-refractivity contribution in [2.24, 2.45) is 11.8 Å². The highest BCUT2D eigenvalue weighted by atomic mass is 32.2. The van der Waals surface area contributed by atoms with E-state index >= 15 is 0 Å². The van der Waals surface area contributed by atoms with Gasteiger partial charge in [-0.05, 0) is 50.3 Å². The van der Waals surface area contributed by atoms with Crippen LogP contribution in [0.2, 0.25) is 0 Å². The van der Waals surface area contributed by atoms with Crippen LogP contribution in [0.25, 0.3) is 0 Å². The van der Waals surface area contributed by atoms with E-state index in [1.807, 2.05) is 11.8 Å². The van der Waals surface area contributed by atoms with Crippen molar-refractivity contribution in [2.75, 3.05) is 25.1 Å². The summed E-state index contributed by atoms with van der Waals surface area (Å²) in [5.74, 6) is 0.832. The summed E-state index contributed by atoms with van der Waals surface area (Å²) in [4.78, 5) is 10.9. The van der Waals surface area contributed by atoms with Crippen molar-refractivity contribution in [1.29, 1.82) is 0 Å². The predicted molar refractivity (Wildman–Crippen MR) is 64.3 cm³/mol. The van der Waals surface area contributed by atoms with E-state index in [1.54, 1.807) is 0 Å². The van der Waals surface area contributed by atoms with Gasteiger partial charge >= 0.3 is 5.97 Å². The van der Waals surface area contributed by atoms with Gasteiger partial charge in [0, 0.05) is 0 Å². The van der Waals surface area contributed by atoms with Crippen molar-refractivity contribution < 1.29 is 9.90 Å². The van der Waals surface area contributed by atoms with Crippen molar-refractivity contribution in [2.45, 2.75) is 25.7 Å². The Kier molecular flexibility index (Phi) is 6.10.